The van der Waals surface area contributed by atoms with Crippen molar-refractivity contribution in [2.45, 2.75) is 39.3 Å². The molecule has 1 aliphatic rings. The van der Waals surface area contributed by atoms with Crippen molar-refractivity contribution < 1.29 is 0 Å². The van der Waals surface area contributed by atoms with Crippen LogP contribution in [0.15, 0.2) is 18.2 Å². The summed E-state index contributed by atoms with van der Waals surface area (Å²) in [6.07, 6.45) is 2.49. The Bertz CT molecular complexity index is 358. The number of nitrogens with zero attached hydrogens (tertiary/aromatic N) is 1. The first kappa shape index (κ1) is 11.5. The van der Waals surface area contributed by atoms with Gasteiger partial charge in [-0.25, -0.2) is 0 Å². The number of hydrogen-bond donors (Lipinski definition) is 1. The van der Waals surface area contributed by atoms with E-state index in [0.717, 1.165) is 13.1 Å². The van der Waals surface area contributed by atoms with Gasteiger partial charge in [-0.05, 0) is 50.9 Å². The van der Waals surface area contributed by atoms with Crippen LogP contribution in [0.1, 0.15) is 31.4 Å². The number of rotatable bonds is 3. The van der Waals surface area contributed by atoms with Crippen LogP contribution in [0.25, 0.3) is 0 Å². The highest BCUT2D eigenvalue weighted by atomic mass is 15.1. The van der Waals surface area contributed by atoms with E-state index in [1.54, 1.807) is 0 Å². The van der Waals surface area contributed by atoms with Crippen molar-refractivity contribution >= 4 is 5.69 Å². The van der Waals surface area contributed by atoms with E-state index in [1.165, 1.54) is 29.7 Å². The average molecular weight is 218 g/mol. The lowest BCUT2D eigenvalue weighted by molar-refractivity contribution is 0.265. The molecule has 2 rings (SSSR count). The molecule has 0 bridgehead atoms. The lowest BCUT2D eigenvalue weighted by Crippen LogP contribution is -2.26. The van der Waals surface area contributed by atoms with Crippen LogP contribution in [0.5, 0.6) is 0 Å². The van der Waals surface area contributed by atoms with Gasteiger partial charge in [-0.3, -0.25) is 4.90 Å². The Kier molecular flexibility index (Phi) is 3.49. The van der Waals surface area contributed by atoms with E-state index in [9.17, 15) is 0 Å². The number of hydrogen-bond acceptors (Lipinski definition) is 2. The fraction of sp³-hybridized carbons (Fsp3) is 0.571. The van der Waals surface area contributed by atoms with Gasteiger partial charge in [0.15, 0.2) is 0 Å². The van der Waals surface area contributed by atoms with Crippen LogP contribution in [0.4, 0.5) is 5.69 Å². The summed E-state index contributed by atoms with van der Waals surface area (Å²) in [4.78, 5) is 2.39. The molecule has 0 atom stereocenters. The van der Waals surface area contributed by atoms with Crippen molar-refractivity contribution in [1.82, 2.24) is 4.90 Å². The predicted molar refractivity (Wildman–Crippen MR) is 69.9 cm³/mol. The molecule has 2 heteroatoms. The van der Waals surface area contributed by atoms with Gasteiger partial charge in [-0.1, -0.05) is 12.1 Å². The minimum Gasteiger partial charge on any atom is -0.385 e. The molecular weight excluding hydrogens is 196 g/mol. The van der Waals surface area contributed by atoms with Crippen molar-refractivity contribution in [3.63, 3.8) is 0 Å². The Balaban J connectivity index is 2.20. The zero-order chi connectivity index (χ0) is 11.5. The molecule has 2 nitrogen and oxygen atoms in total. The summed E-state index contributed by atoms with van der Waals surface area (Å²) in [5, 5.41) is 3.49. The quantitative estimate of drug-likeness (QED) is 0.839. The summed E-state index contributed by atoms with van der Waals surface area (Å²) in [5.74, 6) is 0. The van der Waals surface area contributed by atoms with Crippen molar-refractivity contribution in [3.05, 3.63) is 29.3 Å². The Labute approximate surface area is 98.7 Å². The lowest BCUT2D eigenvalue weighted by atomic mass is 9.97. The molecule has 0 saturated heterocycles. The van der Waals surface area contributed by atoms with Crippen LogP contribution in [0, 0.1) is 0 Å². The van der Waals surface area contributed by atoms with Crippen molar-refractivity contribution in [2.75, 3.05) is 18.9 Å². The third kappa shape index (κ3) is 2.38. The smallest absolute Gasteiger partial charge is 0.0375 e. The van der Waals surface area contributed by atoms with E-state index in [1.807, 2.05) is 0 Å². The Hall–Kier alpha value is -1.02. The number of anilines is 1. The molecule has 0 fully saturated rings. The van der Waals surface area contributed by atoms with E-state index in [2.05, 4.69) is 49.3 Å². The third-order valence-corrected chi connectivity index (χ3v) is 3.49. The van der Waals surface area contributed by atoms with Crippen LogP contribution >= 0.6 is 0 Å². The maximum absolute atomic E-state index is 3.49. The zero-order valence-electron chi connectivity index (χ0n) is 10.6. The van der Waals surface area contributed by atoms with Crippen LogP contribution in [-0.2, 0) is 13.0 Å². The molecule has 0 radical (unpaired) electrons. The van der Waals surface area contributed by atoms with E-state index >= 15 is 0 Å². The van der Waals surface area contributed by atoms with Crippen molar-refractivity contribution in [1.29, 1.82) is 0 Å². The van der Waals surface area contributed by atoms with Gasteiger partial charge in [-0.2, -0.15) is 0 Å². The predicted octanol–water partition coefficient (Wildman–Crippen LogP) is 2.88. The van der Waals surface area contributed by atoms with E-state index in [-0.39, 0.29) is 0 Å². The van der Waals surface area contributed by atoms with Gasteiger partial charge in [0.1, 0.15) is 0 Å². The normalized spacial score (nSPS) is 15.1. The van der Waals surface area contributed by atoms with E-state index in [4.69, 9.17) is 0 Å². The van der Waals surface area contributed by atoms with Gasteiger partial charge in [-0.15, -0.1) is 0 Å². The maximum atomic E-state index is 3.49. The molecule has 0 amide bonds. The molecule has 1 aliphatic heterocycles. The molecule has 0 spiro atoms. The van der Waals surface area contributed by atoms with Gasteiger partial charge in [0, 0.05) is 24.8 Å². The first-order valence-corrected chi connectivity index (χ1v) is 6.23. The van der Waals surface area contributed by atoms with Crippen LogP contribution in [0.2, 0.25) is 0 Å². The average Bonchev–Trinajstić information content (AvgIpc) is 2.29. The fourth-order valence-corrected chi connectivity index (χ4v) is 2.18. The standard InChI is InChI=1S/C14H22N2/c1-11(2)16(3)10-12-6-4-8-14-13(12)7-5-9-15-14/h4,6,8,11,15H,5,7,9-10H2,1-3H3. The van der Waals surface area contributed by atoms with E-state index < -0.39 is 0 Å². The number of benzene rings is 1. The molecular formula is C14H22N2. The van der Waals surface area contributed by atoms with Crippen molar-refractivity contribution in [3.8, 4) is 0 Å². The second kappa shape index (κ2) is 4.88. The summed E-state index contributed by atoms with van der Waals surface area (Å²) in [6.45, 7) is 6.67. The first-order valence-electron chi connectivity index (χ1n) is 6.23. The lowest BCUT2D eigenvalue weighted by Gasteiger charge is -2.26. The molecule has 1 aromatic carbocycles. The minimum atomic E-state index is 0.604. The summed E-state index contributed by atoms with van der Waals surface area (Å²) in [6, 6.07) is 7.24. The SMILES string of the molecule is CC(C)N(C)Cc1cccc2c1CCCN2. The first-order chi connectivity index (χ1) is 7.68. The van der Waals surface area contributed by atoms with Gasteiger partial charge < -0.3 is 5.32 Å². The molecule has 88 valence electrons. The number of nitrogens with one attached hydrogen (secondary N) is 1. The van der Waals surface area contributed by atoms with Gasteiger partial charge in [0.25, 0.3) is 0 Å². The van der Waals surface area contributed by atoms with Crippen LogP contribution in [-0.4, -0.2) is 24.5 Å². The molecule has 0 unspecified atom stereocenters. The maximum Gasteiger partial charge on any atom is 0.0375 e. The molecule has 0 aromatic heterocycles. The van der Waals surface area contributed by atoms with Gasteiger partial charge in [0.05, 0.1) is 0 Å². The molecule has 0 aliphatic carbocycles. The Morgan fingerprint density at radius 2 is 2.19 bits per heavy atom. The summed E-state index contributed by atoms with van der Waals surface area (Å²) >= 11 is 0. The summed E-state index contributed by atoms with van der Waals surface area (Å²) in [5.41, 5.74) is 4.36. The second-order valence-corrected chi connectivity index (χ2v) is 4.98. The van der Waals surface area contributed by atoms with E-state index in [0.29, 0.717) is 6.04 Å². The van der Waals surface area contributed by atoms with Crippen LogP contribution < -0.4 is 5.32 Å². The molecule has 16 heavy (non-hydrogen) atoms. The Morgan fingerprint density at radius 1 is 1.38 bits per heavy atom. The second-order valence-electron chi connectivity index (χ2n) is 4.98. The largest absolute Gasteiger partial charge is 0.385 e. The third-order valence-electron chi connectivity index (χ3n) is 3.49. The highest BCUT2D eigenvalue weighted by molar-refractivity contribution is 5.56. The van der Waals surface area contributed by atoms with Gasteiger partial charge in [0.2, 0.25) is 0 Å². The van der Waals surface area contributed by atoms with Crippen molar-refractivity contribution in [2.24, 2.45) is 0 Å². The molecule has 0 saturated carbocycles. The molecule has 1 N–H and O–H groups in total. The zero-order valence-corrected chi connectivity index (χ0v) is 10.6. The Morgan fingerprint density at radius 3 is 2.94 bits per heavy atom. The summed E-state index contributed by atoms with van der Waals surface area (Å²) < 4.78 is 0. The monoisotopic (exact) mass is 218 g/mol. The highest BCUT2D eigenvalue weighted by Gasteiger charge is 2.14. The topological polar surface area (TPSA) is 15.3 Å². The van der Waals surface area contributed by atoms with Crippen LogP contribution in [0.3, 0.4) is 0 Å². The summed E-state index contributed by atoms with van der Waals surface area (Å²) in [7, 11) is 2.19. The highest BCUT2D eigenvalue weighted by Crippen LogP contribution is 2.26. The minimum absolute atomic E-state index is 0.604. The fourth-order valence-electron chi connectivity index (χ4n) is 2.18. The molecule has 1 heterocycles. The van der Waals surface area contributed by atoms with Gasteiger partial charge >= 0.3 is 0 Å². The number of fused-ring (bicyclic) bond motifs is 1. The molecule has 1 aromatic rings.